The second kappa shape index (κ2) is 4.98. The first-order valence-corrected chi connectivity index (χ1v) is 6.65. The molecule has 1 aliphatic carbocycles. The quantitative estimate of drug-likeness (QED) is 0.870. The van der Waals surface area contributed by atoms with Gasteiger partial charge in [-0.15, -0.1) is 0 Å². The SMILES string of the molecule is Cc1ccc(-c2cnc(CNC3CCCC3)[nH]2)o1. The number of aromatic nitrogens is 2. The second-order valence-corrected chi connectivity index (χ2v) is 5.02. The number of aryl methyl sites for hydroxylation is 1. The van der Waals surface area contributed by atoms with Gasteiger partial charge in [-0.1, -0.05) is 12.8 Å². The van der Waals surface area contributed by atoms with Gasteiger partial charge in [0.15, 0.2) is 5.76 Å². The summed E-state index contributed by atoms with van der Waals surface area (Å²) in [6.07, 6.45) is 7.14. The number of aromatic amines is 1. The molecule has 1 saturated carbocycles. The molecule has 0 aliphatic heterocycles. The Morgan fingerprint density at radius 3 is 2.94 bits per heavy atom. The molecule has 0 spiro atoms. The van der Waals surface area contributed by atoms with Crippen LogP contribution in [0.4, 0.5) is 0 Å². The lowest BCUT2D eigenvalue weighted by Crippen LogP contribution is -2.25. The lowest BCUT2D eigenvalue weighted by molar-refractivity contribution is 0.515. The van der Waals surface area contributed by atoms with E-state index in [-0.39, 0.29) is 0 Å². The Morgan fingerprint density at radius 1 is 1.39 bits per heavy atom. The average Bonchev–Trinajstić information content (AvgIpc) is 3.07. The van der Waals surface area contributed by atoms with Crippen LogP contribution in [0.25, 0.3) is 11.5 Å². The highest BCUT2D eigenvalue weighted by atomic mass is 16.3. The Hall–Kier alpha value is -1.55. The number of nitrogens with zero attached hydrogens (tertiary/aromatic N) is 1. The number of furan rings is 1. The van der Waals surface area contributed by atoms with Gasteiger partial charge < -0.3 is 14.7 Å². The molecule has 0 bridgehead atoms. The van der Waals surface area contributed by atoms with E-state index in [1.807, 2.05) is 25.3 Å². The number of nitrogens with one attached hydrogen (secondary N) is 2. The number of H-pyrrole nitrogens is 1. The highest BCUT2D eigenvalue weighted by molar-refractivity contribution is 5.51. The molecule has 2 aromatic rings. The maximum Gasteiger partial charge on any atom is 0.152 e. The van der Waals surface area contributed by atoms with Crippen LogP contribution in [0.5, 0.6) is 0 Å². The van der Waals surface area contributed by atoms with Gasteiger partial charge in [0.25, 0.3) is 0 Å². The van der Waals surface area contributed by atoms with Gasteiger partial charge in [0.2, 0.25) is 0 Å². The van der Waals surface area contributed by atoms with Crippen molar-refractivity contribution in [1.82, 2.24) is 15.3 Å². The van der Waals surface area contributed by atoms with E-state index in [2.05, 4.69) is 15.3 Å². The van der Waals surface area contributed by atoms with Crippen LogP contribution in [-0.4, -0.2) is 16.0 Å². The van der Waals surface area contributed by atoms with Gasteiger partial charge in [0, 0.05) is 6.04 Å². The number of hydrogen-bond donors (Lipinski definition) is 2. The van der Waals surface area contributed by atoms with Crippen LogP contribution in [0.1, 0.15) is 37.3 Å². The summed E-state index contributed by atoms with van der Waals surface area (Å²) in [5, 5.41) is 3.54. The van der Waals surface area contributed by atoms with Crippen molar-refractivity contribution in [3.63, 3.8) is 0 Å². The fraction of sp³-hybridized carbons (Fsp3) is 0.500. The van der Waals surface area contributed by atoms with Gasteiger partial charge in [0.05, 0.1) is 12.7 Å². The van der Waals surface area contributed by atoms with Crippen LogP contribution in [0.3, 0.4) is 0 Å². The van der Waals surface area contributed by atoms with Crippen LogP contribution < -0.4 is 5.32 Å². The van der Waals surface area contributed by atoms with Gasteiger partial charge in [-0.25, -0.2) is 4.98 Å². The molecule has 0 saturated heterocycles. The average molecular weight is 245 g/mol. The summed E-state index contributed by atoms with van der Waals surface area (Å²) in [5.41, 5.74) is 0.950. The normalized spacial score (nSPS) is 16.5. The van der Waals surface area contributed by atoms with Crippen molar-refractivity contribution in [3.8, 4) is 11.5 Å². The van der Waals surface area contributed by atoms with E-state index < -0.39 is 0 Å². The summed E-state index contributed by atoms with van der Waals surface area (Å²) in [4.78, 5) is 7.68. The van der Waals surface area contributed by atoms with Crippen molar-refractivity contribution < 1.29 is 4.42 Å². The maximum absolute atomic E-state index is 5.57. The summed E-state index contributed by atoms with van der Waals surface area (Å²) in [6, 6.07) is 4.60. The first-order valence-electron chi connectivity index (χ1n) is 6.65. The maximum atomic E-state index is 5.57. The Morgan fingerprint density at radius 2 is 2.22 bits per heavy atom. The molecule has 0 radical (unpaired) electrons. The molecule has 1 aliphatic rings. The van der Waals surface area contributed by atoms with Crippen molar-refractivity contribution in [1.29, 1.82) is 0 Å². The van der Waals surface area contributed by atoms with Crippen molar-refractivity contribution in [3.05, 3.63) is 29.9 Å². The Labute approximate surface area is 107 Å². The minimum atomic E-state index is 0.671. The Bertz CT molecular complexity index is 509. The highest BCUT2D eigenvalue weighted by Crippen LogP contribution is 2.20. The molecule has 4 nitrogen and oxygen atoms in total. The van der Waals surface area contributed by atoms with E-state index in [0.29, 0.717) is 6.04 Å². The molecule has 0 aromatic carbocycles. The van der Waals surface area contributed by atoms with Gasteiger partial charge >= 0.3 is 0 Å². The number of hydrogen-bond acceptors (Lipinski definition) is 3. The first-order chi connectivity index (χ1) is 8.81. The summed E-state index contributed by atoms with van der Waals surface area (Å²) < 4.78 is 5.57. The van der Waals surface area contributed by atoms with E-state index in [4.69, 9.17) is 4.42 Å². The molecule has 2 aromatic heterocycles. The van der Waals surface area contributed by atoms with Crippen LogP contribution in [0, 0.1) is 6.92 Å². The molecule has 1 fully saturated rings. The molecule has 0 unspecified atom stereocenters. The van der Waals surface area contributed by atoms with Crippen molar-refractivity contribution in [2.75, 3.05) is 0 Å². The fourth-order valence-corrected chi connectivity index (χ4v) is 2.53. The Kier molecular flexibility index (Phi) is 3.19. The van der Waals surface area contributed by atoms with Gasteiger partial charge in [-0.2, -0.15) is 0 Å². The van der Waals surface area contributed by atoms with E-state index in [1.54, 1.807) is 0 Å². The molecule has 96 valence electrons. The topological polar surface area (TPSA) is 53.9 Å². The van der Waals surface area contributed by atoms with E-state index in [9.17, 15) is 0 Å². The number of imidazole rings is 1. The smallest absolute Gasteiger partial charge is 0.152 e. The van der Waals surface area contributed by atoms with Crippen molar-refractivity contribution >= 4 is 0 Å². The zero-order valence-electron chi connectivity index (χ0n) is 10.7. The minimum Gasteiger partial charge on any atom is -0.460 e. The molecule has 18 heavy (non-hydrogen) atoms. The second-order valence-electron chi connectivity index (χ2n) is 5.02. The van der Waals surface area contributed by atoms with Gasteiger partial charge in [-0.05, 0) is 31.9 Å². The van der Waals surface area contributed by atoms with Crippen molar-refractivity contribution in [2.45, 2.75) is 45.2 Å². The molecular weight excluding hydrogens is 226 g/mol. The zero-order chi connectivity index (χ0) is 12.4. The molecular formula is C14H19N3O. The van der Waals surface area contributed by atoms with E-state index >= 15 is 0 Å². The first kappa shape index (κ1) is 11.5. The van der Waals surface area contributed by atoms with Crippen LogP contribution in [0.15, 0.2) is 22.7 Å². The van der Waals surface area contributed by atoms with Crippen LogP contribution in [0.2, 0.25) is 0 Å². The lowest BCUT2D eigenvalue weighted by Gasteiger charge is -2.09. The summed E-state index contributed by atoms with van der Waals surface area (Å²) in [5.74, 6) is 2.75. The fourth-order valence-electron chi connectivity index (χ4n) is 2.53. The lowest BCUT2D eigenvalue weighted by atomic mass is 10.2. The highest BCUT2D eigenvalue weighted by Gasteiger charge is 2.14. The van der Waals surface area contributed by atoms with Gasteiger partial charge in [-0.3, -0.25) is 0 Å². The van der Waals surface area contributed by atoms with Crippen LogP contribution in [-0.2, 0) is 6.54 Å². The monoisotopic (exact) mass is 245 g/mol. The summed E-state index contributed by atoms with van der Waals surface area (Å²) in [6.45, 7) is 2.76. The molecule has 2 N–H and O–H groups in total. The third-order valence-corrected chi connectivity index (χ3v) is 3.55. The number of rotatable bonds is 4. The predicted molar refractivity (Wildman–Crippen MR) is 70.1 cm³/mol. The predicted octanol–water partition coefficient (Wildman–Crippen LogP) is 3.01. The zero-order valence-corrected chi connectivity index (χ0v) is 10.7. The molecule has 0 amide bonds. The Balaban J connectivity index is 1.62. The molecule has 2 heterocycles. The largest absolute Gasteiger partial charge is 0.460 e. The third kappa shape index (κ3) is 2.48. The molecule has 0 atom stereocenters. The third-order valence-electron chi connectivity index (χ3n) is 3.55. The summed E-state index contributed by atoms with van der Waals surface area (Å²) >= 11 is 0. The standard InChI is InChI=1S/C14H19N3O/c1-10-6-7-13(18-10)12-8-16-14(17-12)9-15-11-4-2-3-5-11/h6-8,11,15H,2-5,9H2,1H3,(H,16,17). The van der Waals surface area contributed by atoms with Crippen molar-refractivity contribution in [2.24, 2.45) is 0 Å². The minimum absolute atomic E-state index is 0.671. The van der Waals surface area contributed by atoms with E-state index in [1.165, 1.54) is 25.7 Å². The van der Waals surface area contributed by atoms with Crippen LogP contribution >= 0.6 is 0 Å². The van der Waals surface area contributed by atoms with E-state index in [0.717, 1.165) is 29.6 Å². The molecule has 4 heteroatoms. The summed E-state index contributed by atoms with van der Waals surface area (Å²) in [7, 11) is 0. The molecule has 3 rings (SSSR count). The van der Waals surface area contributed by atoms with Gasteiger partial charge in [0.1, 0.15) is 17.3 Å².